The van der Waals surface area contributed by atoms with Crippen molar-refractivity contribution in [3.8, 4) is 11.5 Å². The third kappa shape index (κ3) is 4.90. The maximum atomic E-state index is 5.93. The van der Waals surface area contributed by atoms with Gasteiger partial charge in [0.2, 0.25) is 0 Å². The lowest BCUT2D eigenvalue weighted by atomic mass is 10.1. The normalized spacial score (nSPS) is 17.8. The van der Waals surface area contributed by atoms with Crippen molar-refractivity contribution < 1.29 is 9.47 Å². The lowest BCUT2D eigenvalue weighted by molar-refractivity contribution is 0.223. The first kappa shape index (κ1) is 19.0. The molecule has 8 nitrogen and oxygen atoms in total. The van der Waals surface area contributed by atoms with Gasteiger partial charge in [-0.05, 0) is 51.0 Å². The zero-order valence-electron chi connectivity index (χ0n) is 16.4. The quantitative estimate of drug-likeness (QED) is 0.596. The minimum atomic E-state index is -0.0193. The van der Waals surface area contributed by atoms with Gasteiger partial charge in [-0.3, -0.25) is 4.99 Å². The summed E-state index contributed by atoms with van der Waals surface area (Å²) < 4.78 is 13.1. The fraction of sp³-hybridized carbons (Fsp3) is 0.526. The van der Waals surface area contributed by atoms with E-state index in [-0.39, 0.29) is 12.1 Å². The van der Waals surface area contributed by atoms with E-state index in [1.54, 1.807) is 14.2 Å². The topological polar surface area (TPSA) is 85.6 Å². The van der Waals surface area contributed by atoms with Crippen LogP contribution in [0.15, 0.2) is 29.3 Å². The van der Waals surface area contributed by atoms with Crippen LogP contribution in [0.4, 0.5) is 0 Å². The van der Waals surface area contributed by atoms with Crippen LogP contribution in [0.2, 0.25) is 0 Å². The minimum Gasteiger partial charge on any atom is -0.497 e. The fourth-order valence-electron chi connectivity index (χ4n) is 3.13. The molecule has 3 rings (SSSR count). The van der Waals surface area contributed by atoms with E-state index in [0.717, 1.165) is 48.5 Å². The van der Waals surface area contributed by atoms with Gasteiger partial charge in [0, 0.05) is 13.6 Å². The number of aryl methyl sites for hydroxylation is 2. The first-order valence-corrected chi connectivity index (χ1v) is 9.28. The van der Waals surface area contributed by atoms with Gasteiger partial charge in [0.05, 0.1) is 19.7 Å². The number of benzene rings is 1. The fourth-order valence-corrected chi connectivity index (χ4v) is 3.13. The molecule has 0 saturated carbocycles. The van der Waals surface area contributed by atoms with Crippen molar-refractivity contribution in [1.29, 1.82) is 0 Å². The molecule has 0 bridgehead atoms. The van der Waals surface area contributed by atoms with Crippen LogP contribution >= 0.6 is 0 Å². The number of hydrogen-bond donors (Lipinski definition) is 2. The average Bonchev–Trinajstić information content (AvgIpc) is 3.06. The van der Waals surface area contributed by atoms with E-state index in [1.165, 1.54) is 0 Å². The summed E-state index contributed by atoms with van der Waals surface area (Å²) in [7, 11) is 3.42. The molecule has 1 aliphatic heterocycles. The van der Waals surface area contributed by atoms with Gasteiger partial charge >= 0.3 is 0 Å². The molecule has 2 aromatic rings. The highest BCUT2D eigenvalue weighted by Gasteiger charge is 2.24. The number of aromatic nitrogens is 3. The molecule has 0 fully saturated rings. The lowest BCUT2D eigenvalue weighted by Gasteiger charge is -2.25. The summed E-state index contributed by atoms with van der Waals surface area (Å²) in [6.07, 6.45) is 2.06. The van der Waals surface area contributed by atoms with E-state index >= 15 is 0 Å². The molecule has 0 saturated heterocycles. The second-order valence-corrected chi connectivity index (χ2v) is 6.64. The molecule has 0 amide bonds. The number of hydrogen-bond acceptors (Lipinski definition) is 5. The third-order valence-electron chi connectivity index (χ3n) is 4.47. The zero-order chi connectivity index (χ0) is 19.2. The van der Waals surface area contributed by atoms with Gasteiger partial charge in [-0.1, -0.05) is 0 Å². The van der Waals surface area contributed by atoms with E-state index in [9.17, 15) is 0 Å². The molecular weight excluding hydrogens is 344 g/mol. The Bertz CT molecular complexity index is 771. The van der Waals surface area contributed by atoms with E-state index in [4.69, 9.17) is 9.47 Å². The highest BCUT2D eigenvalue weighted by atomic mass is 16.5. The van der Waals surface area contributed by atoms with Crippen LogP contribution in [-0.4, -0.2) is 47.5 Å². The summed E-state index contributed by atoms with van der Waals surface area (Å²) in [5.74, 6) is 4.14. The van der Waals surface area contributed by atoms with Crippen LogP contribution in [-0.2, 0) is 6.54 Å². The summed E-state index contributed by atoms with van der Waals surface area (Å²) in [6, 6.07) is 7.69. The number of rotatable bonds is 6. The highest BCUT2D eigenvalue weighted by molar-refractivity contribution is 5.80. The van der Waals surface area contributed by atoms with Gasteiger partial charge in [-0.25, -0.2) is 9.67 Å². The molecule has 0 aliphatic carbocycles. The summed E-state index contributed by atoms with van der Waals surface area (Å²) in [6.45, 7) is 5.50. The second-order valence-electron chi connectivity index (χ2n) is 6.64. The Kier molecular flexibility index (Phi) is 6.16. The SMILES string of the molecule is CN=C(NCC(C)Oc1ccc(OC)cc1)NC1CCCn2nc(C)nc21. The Balaban J connectivity index is 1.51. The third-order valence-corrected chi connectivity index (χ3v) is 4.47. The lowest BCUT2D eigenvalue weighted by Crippen LogP contribution is -2.44. The first-order chi connectivity index (χ1) is 13.1. The number of ether oxygens (including phenoxy) is 2. The van der Waals surface area contributed by atoms with E-state index in [0.29, 0.717) is 6.54 Å². The van der Waals surface area contributed by atoms with Crippen LogP contribution in [0.3, 0.4) is 0 Å². The number of aliphatic imine (C=N–C) groups is 1. The Labute approximate surface area is 160 Å². The van der Waals surface area contributed by atoms with Gasteiger partial charge in [-0.15, -0.1) is 0 Å². The molecule has 2 atom stereocenters. The Hall–Kier alpha value is -2.77. The predicted octanol–water partition coefficient (Wildman–Crippen LogP) is 2.06. The zero-order valence-corrected chi connectivity index (χ0v) is 16.4. The van der Waals surface area contributed by atoms with Crippen molar-refractivity contribution in [2.45, 2.75) is 45.4 Å². The monoisotopic (exact) mass is 372 g/mol. The van der Waals surface area contributed by atoms with Crippen LogP contribution in [0.1, 0.15) is 37.5 Å². The van der Waals surface area contributed by atoms with Gasteiger partial charge in [-0.2, -0.15) is 5.10 Å². The summed E-state index contributed by atoms with van der Waals surface area (Å²) in [5, 5.41) is 11.2. The molecule has 1 aliphatic rings. The van der Waals surface area contributed by atoms with E-state index < -0.39 is 0 Å². The van der Waals surface area contributed by atoms with Crippen LogP contribution < -0.4 is 20.1 Å². The molecule has 1 aromatic heterocycles. The molecular formula is C19H28N6O2. The predicted molar refractivity (Wildman–Crippen MR) is 104 cm³/mol. The van der Waals surface area contributed by atoms with Crippen molar-refractivity contribution in [2.24, 2.45) is 4.99 Å². The summed E-state index contributed by atoms with van der Waals surface area (Å²) in [4.78, 5) is 8.89. The standard InChI is InChI=1S/C19H28N6O2/c1-13(27-16-9-7-15(26-4)8-10-16)12-21-19(20-3)23-17-6-5-11-25-18(17)22-14(2)24-25/h7-10,13,17H,5-6,11-12H2,1-4H3,(H2,20,21,23). The maximum Gasteiger partial charge on any atom is 0.191 e. The molecule has 2 heterocycles. The van der Waals surface area contributed by atoms with Crippen molar-refractivity contribution in [3.63, 3.8) is 0 Å². The van der Waals surface area contributed by atoms with Crippen molar-refractivity contribution in [3.05, 3.63) is 35.9 Å². The largest absolute Gasteiger partial charge is 0.497 e. The molecule has 8 heteroatoms. The van der Waals surface area contributed by atoms with Crippen molar-refractivity contribution in [2.75, 3.05) is 20.7 Å². The summed E-state index contributed by atoms with van der Waals surface area (Å²) in [5.41, 5.74) is 0. The molecule has 2 N–H and O–H groups in total. The number of fused-ring (bicyclic) bond motifs is 1. The van der Waals surface area contributed by atoms with Crippen molar-refractivity contribution in [1.82, 2.24) is 25.4 Å². The Morgan fingerprint density at radius 1 is 1.33 bits per heavy atom. The smallest absolute Gasteiger partial charge is 0.191 e. The van der Waals surface area contributed by atoms with Crippen LogP contribution in [0.25, 0.3) is 0 Å². The molecule has 146 valence electrons. The Morgan fingerprint density at radius 2 is 2.07 bits per heavy atom. The number of guanidine groups is 1. The van der Waals surface area contributed by atoms with Crippen LogP contribution in [0, 0.1) is 6.92 Å². The molecule has 0 radical (unpaired) electrons. The number of nitrogens with one attached hydrogen (secondary N) is 2. The molecule has 0 spiro atoms. The maximum absolute atomic E-state index is 5.93. The number of nitrogens with zero attached hydrogens (tertiary/aromatic N) is 4. The van der Waals surface area contributed by atoms with Crippen molar-refractivity contribution >= 4 is 5.96 Å². The van der Waals surface area contributed by atoms with E-state index in [2.05, 4.69) is 25.7 Å². The van der Waals surface area contributed by atoms with Gasteiger partial charge in [0.25, 0.3) is 0 Å². The second kappa shape index (κ2) is 8.75. The molecule has 27 heavy (non-hydrogen) atoms. The first-order valence-electron chi connectivity index (χ1n) is 9.28. The van der Waals surface area contributed by atoms with E-state index in [1.807, 2.05) is 42.8 Å². The molecule has 2 unspecified atom stereocenters. The van der Waals surface area contributed by atoms with Gasteiger partial charge in [0.1, 0.15) is 29.3 Å². The minimum absolute atomic E-state index is 0.0193. The average molecular weight is 372 g/mol. The number of methoxy groups -OCH3 is 1. The molecule has 1 aromatic carbocycles. The van der Waals surface area contributed by atoms with Gasteiger partial charge in [0.15, 0.2) is 5.96 Å². The Morgan fingerprint density at radius 3 is 2.78 bits per heavy atom. The highest BCUT2D eigenvalue weighted by Crippen LogP contribution is 2.22. The van der Waals surface area contributed by atoms with Gasteiger partial charge < -0.3 is 20.1 Å². The summed E-state index contributed by atoms with van der Waals surface area (Å²) >= 11 is 0. The van der Waals surface area contributed by atoms with Crippen LogP contribution in [0.5, 0.6) is 11.5 Å².